The summed E-state index contributed by atoms with van der Waals surface area (Å²) in [5.41, 5.74) is 16.6. The molecule has 6 N–H and O–H groups in total. The number of nitrogen functional groups attached to an aromatic ring is 2. The summed E-state index contributed by atoms with van der Waals surface area (Å²) in [5, 5.41) is 24.4. The number of fused-ring (bicyclic) bond motifs is 2. The van der Waals surface area contributed by atoms with Crippen molar-refractivity contribution in [3.8, 4) is 0 Å². The number of sulfone groups is 2. The molecule has 4 aromatic carbocycles. The van der Waals surface area contributed by atoms with Gasteiger partial charge in [0, 0.05) is 34.0 Å². The normalized spacial score (nSPS) is 27.0. The van der Waals surface area contributed by atoms with Crippen LogP contribution in [0.3, 0.4) is 0 Å². The second kappa shape index (κ2) is 16.0. The fraction of sp³-hybridized carbons (Fsp3) is 0.467. The summed E-state index contributed by atoms with van der Waals surface area (Å²) in [6.45, 7) is 8.11. The number of aliphatic hydroxyl groups is 2. The van der Waals surface area contributed by atoms with Crippen molar-refractivity contribution in [2.45, 2.75) is 119 Å². The SMILES string of the molecule is CCCC[C@]1(CC)CS(=O)(=O)c2ccc(N)cc2[C@@H](c2ccc(Cc3ccc([C@H]4c5cc(N)ccc5S(=O)(=O)C[C@](CC)(CCCC)[C@H]4O)cc3)cc2)[C@H]1O. The second-order valence-corrected chi connectivity index (χ2v) is 20.2. The summed E-state index contributed by atoms with van der Waals surface area (Å²) in [6.07, 6.45) is 4.49. The molecule has 0 bridgehead atoms. The van der Waals surface area contributed by atoms with Crippen LogP contribution in [0.4, 0.5) is 11.4 Å². The molecule has 0 aliphatic carbocycles. The Morgan fingerprint density at radius 1 is 0.582 bits per heavy atom. The molecule has 2 heterocycles. The van der Waals surface area contributed by atoms with Crippen LogP contribution in [-0.2, 0) is 26.1 Å². The predicted octanol–water partition coefficient (Wildman–Crippen LogP) is 8.18. The highest BCUT2D eigenvalue weighted by Gasteiger charge is 2.50. The molecule has 0 aromatic heterocycles. The average Bonchev–Trinajstić information content (AvgIpc) is 3.27. The van der Waals surface area contributed by atoms with E-state index in [-0.39, 0.29) is 21.3 Å². The Bertz CT molecular complexity index is 2050. The zero-order valence-corrected chi connectivity index (χ0v) is 34.3. The smallest absolute Gasteiger partial charge is 0.179 e. The molecule has 0 amide bonds. The summed E-state index contributed by atoms with van der Waals surface area (Å²) in [7, 11) is -7.38. The van der Waals surface area contributed by atoms with E-state index in [1.54, 1.807) is 36.4 Å². The minimum Gasteiger partial charge on any atom is -0.399 e. The maximum Gasteiger partial charge on any atom is 0.179 e. The van der Waals surface area contributed by atoms with E-state index in [2.05, 4.69) is 13.8 Å². The van der Waals surface area contributed by atoms with Gasteiger partial charge >= 0.3 is 0 Å². The highest BCUT2D eigenvalue weighted by molar-refractivity contribution is 7.91. The molecule has 0 saturated carbocycles. The number of rotatable bonds is 12. The van der Waals surface area contributed by atoms with Gasteiger partial charge in [-0.25, -0.2) is 16.8 Å². The van der Waals surface area contributed by atoms with Crippen LogP contribution in [0.15, 0.2) is 94.7 Å². The molecule has 0 spiro atoms. The first-order chi connectivity index (χ1) is 26.1. The Morgan fingerprint density at radius 2 is 0.945 bits per heavy atom. The lowest BCUT2D eigenvalue weighted by Crippen LogP contribution is -2.42. The van der Waals surface area contributed by atoms with Gasteiger partial charge in [0.25, 0.3) is 0 Å². The van der Waals surface area contributed by atoms with E-state index in [1.807, 2.05) is 62.4 Å². The maximum atomic E-state index is 13.9. The van der Waals surface area contributed by atoms with Crippen molar-refractivity contribution in [2.75, 3.05) is 23.0 Å². The molecule has 0 fully saturated rings. The number of nitrogens with two attached hydrogens (primary N) is 2. The van der Waals surface area contributed by atoms with Crippen LogP contribution < -0.4 is 11.5 Å². The van der Waals surface area contributed by atoms with Crippen LogP contribution in [0, 0.1) is 10.8 Å². The van der Waals surface area contributed by atoms with Crippen molar-refractivity contribution < 1.29 is 27.0 Å². The topological polar surface area (TPSA) is 161 Å². The van der Waals surface area contributed by atoms with Gasteiger partial charge in [-0.1, -0.05) is 102 Å². The molecule has 6 atom stereocenters. The van der Waals surface area contributed by atoms with E-state index < -0.39 is 54.5 Å². The molecule has 2 aliphatic heterocycles. The summed E-state index contributed by atoms with van der Waals surface area (Å²) >= 11 is 0. The zero-order chi connectivity index (χ0) is 39.8. The first-order valence-electron chi connectivity index (χ1n) is 19.9. The van der Waals surface area contributed by atoms with Crippen molar-refractivity contribution in [3.05, 3.63) is 118 Å². The Morgan fingerprint density at radius 3 is 1.27 bits per heavy atom. The Labute approximate surface area is 328 Å². The summed E-state index contributed by atoms with van der Waals surface area (Å²) in [4.78, 5) is 0.481. The number of hydrogen-bond donors (Lipinski definition) is 4. The highest BCUT2D eigenvalue weighted by Crippen LogP contribution is 2.51. The number of unbranched alkanes of at least 4 members (excludes halogenated alkanes) is 2. The standard InChI is InChI=1S/C45H58N2O6S2/c1-5-9-23-44(7-3)28-54(50,51)38-21-19-34(46)26-36(38)40(42(44)48)32-15-11-30(12-16-32)25-31-13-17-33(18-14-31)41-37-27-35(47)20-22-39(37)55(52,53)29-45(8-4,43(41)49)24-10-6-2/h11-22,26-27,40-43,48-49H,5-10,23-25,28-29,46-47H2,1-4H3/t40-,41+,42-,43+,44-,45+. The zero-order valence-electron chi connectivity index (χ0n) is 32.7. The van der Waals surface area contributed by atoms with Gasteiger partial charge in [-0.2, -0.15) is 0 Å². The monoisotopic (exact) mass is 786 g/mol. The molecule has 0 unspecified atom stereocenters. The van der Waals surface area contributed by atoms with Crippen LogP contribution >= 0.6 is 0 Å². The molecule has 0 saturated heterocycles. The van der Waals surface area contributed by atoms with Crippen molar-refractivity contribution in [3.63, 3.8) is 0 Å². The largest absolute Gasteiger partial charge is 0.399 e. The van der Waals surface area contributed by atoms with Gasteiger partial charge in [-0.05, 0) is 102 Å². The fourth-order valence-electron chi connectivity index (χ4n) is 9.44. The molecule has 8 nitrogen and oxygen atoms in total. The highest BCUT2D eigenvalue weighted by atomic mass is 32.2. The van der Waals surface area contributed by atoms with Crippen LogP contribution in [0.1, 0.15) is 124 Å². The van der Waals surface area contributed by atoms with Crippen molar-refractivity contribution in [2.24, 2.45) is 10.8 Å². The third-order valence-corrected chi connectivity index (χ3v) is 16.8. The van der Waals surface area contributed by atoms with E-state index in [4.69, 9.17) is 11.5 Å². The Hall–Kier alpha value is -3.70. The lowest BCUT2D eigenvalue weighted by atomic mass is 9.69. The van der Waals surface area contributed by atoms with Gasteiger partial charge < -0.3 is 21.7 Å². The average molecular weight is 787 g/mol. The van der Waals surface area contributed by atoms with E-state index >= 15 is 0 Å². The number of benzene rings is 4. The van der Waals surface area contributed by atoms with E-state index in [0.717, 1.165) is 47.9 Å². The third-order valence-electron chi connectivity index (χ3n) is 12.8. The number of aliphatic hydroxyl groups excluding tert-OH is 2. The first kappa shape index (κ1) is 40.9. The van der Waals surface area contributed by atoms with Gasteiger partial charge in [-0.3, -0.25) is 0 Å². The minimum absolute atomic E-state index is 0.107. The minimum atomic E-state index is -3.69. The predicted molar refractivity (Wildman–Crippen MR) is 222 cm³/mol. The van der Waals surface area contributed by atoms with Gasteiger partial charge in [0.05, 0.1) is 33.5 Å². The van der Waals surface area contributed by atoms with Crippen LogP contribution in [-0.4, -0.2) is 50.8 Å². The number of anilines is 2. The van der Waals surface area contributed by atoms with Crippen LogP contribution in [0.25, 0.3) is 0 Å². The Kier molecular flexibility index (Phi) is 11.9. The molecule has 0 radical (unpaired) electrons. The van der Waals surface area contributed by atoms with Gasteiger partial charge in [0.1, 0.15) is 0 Å². The molecular formula is C45H58N2O6S2. The van der Waals surface area contributed by atoms with E-state index in [0.29, 0.717) is 54.6 Å². The molecule has 296 valence electrons. The van der Waals surface area contributed by atoms with Crippen molar-refractivity contribution in [1.29, 1.82) is 0 Å². The van der Waals surface area contributed by atoms with Crippen molar-refractivity contribution in [1.82, 2.24) is 0 Å². The fourth-order valence-corrected chi connectivity index (χ4v) is 13.9. The van der Waals surface area contributed by atoms with Gasteiger partial charge in [0.2, 0.25) is 0 Å². The lowest BCUT2D eigenvalue weighted by Gasteiger charge is -2.39. The summed E-state index contributed by atoms with van der Waals surface area (Å²) in [5.74, 6) is -1.35. The molecule has 2 aliphatic rings. The van der Waals surface area contributed by atoms with Gasteiger partial charge in [0.15, 0.2) is 19.7 Å². The molecule has 55 heavy (non-hydrogen) atoms. The third kappa shape index (κ3) is 7.85. The van der Waals surface area contributed by atoms with Crippen LogP contribution in [0.5, 0.6) is 0 Å². The van der Waals surface area contributed by atoms with Gasteiger partial charge in [-0.15, -0.1) is 0 Å². The number of hydrogen-bond acceptors (Lipinski definition) is 8. The summed E-state index contributed by atoms with van der Waals surface area (Å²) in [6, 6.07) is 26.0. The van der Waals surface area contributed by atoms with Crippen molar-refractivity contribution >= 4 is 31.0 Å². The van der Waals surface area contributed by atoms with Crippen LogP contribution in [0.2, 0.25) is 0 Å². The first-order valence-corrected chi connectivity index (χ1v) is 23.2. The molecule has 4 aromatic rings. The quantitative estimate of drug-likeness (QED) is 0.105. The summed E-state index contributed by atoms with van der Waals surface area (Å²) < 4.78 is 55.5. The maximum absolute atomic E-state index is 13.9. The lowest BCUT2D eigenvalue weighted by molar-refractivity contribution is 0.0173. The van der Waals surface area contributed by atoms with E-state index in [1.165, 1.54) is 0 Å². The molecule has 6 rings (SSSR count). The molecular weight excluding hydrogens is 729 g/mol. The Balaban J connectivity index is 1.33. The van der Waals surface area contributed by atoms with E-state index in [9.17, 15) is 27.0 Å². The molecule has 10 heteroatoms. The second-order valence-electron chi connectivity index (χ2n) is 16.3.